The van der Waals surface area contributed by atoms with E-state index < -0.39 is 0 Å². The van der Waals surface area contributed by atoms with Gasteiger partial charge in [0.1, 0.15) is 0 Å². The summed E-state index contributed by atoms with van der Waals surface area (Å²) in [5.41, 5.74) is 7.45. The Kier molecular flexibility index (Phi) is 5.02. The molecular formula is C15H21ClN2O2. The standard InChI is InChI=1S/C15H21ClN2O2/c1-10(17)12-5-6-18(8-12)9-13-7-11(15(19)20-2)3-4-14(13)16/h3-4,7,10,12H,5-6,8-9,17H2,1-2H3. The number of carbonyl (C=O) groups is 1. The molecule has 1 aliphatic heterocycles. The molecule has 1 heterocycles. The monoisotopic (exact) mass is 296 g/mol. The van der Waals surface area contributed by atoms with Crippen molar-refractivity contribution in [3.05, 3.63) is 34.3 Å². The van der Waals surface area contributed by atoms with Crippen molar-refractivity contribution < 1.29 is 9.53 Å². The first-order valence-electron chi connectivity index (χ1n) is 6.86. The minimum atomic E-state index is -0.335. The van der Waals surface area contributed by atoms with Crippen molar-refractivity contribution in [2.45, 2.75) is 25.9 Å². The summed E-state index contributed by atoms with van der Waals surface area (Å²) in [6.07, 6.45) is 1.12. The smallest absolute Gasteiger partial charge is 0.337 e. The molecule has 0 aliphatic carbocycles. The molecule has 5 heteroatoms. The topological polar surface area (TPSA) is 55.6 Å². The molecule has 0 radical (unpaired) electrons. The summed E-state index contributed by atoms with van der Waals surface area (Å²) in [5, 5.41) is 0.682. The van der Waals surface area contributed by atoms with E-state index in [4.69, 9.17) is 22.1 Å². The van der Waals surface area contributed by atoms with Gasteiger partial charge in [-0.1, -0.05) is 11.6 Å². The van der Waals surface area contributed by atoms with Gasteiger partial charge in [-0.3, -0.25) is 4.90 Å². The van der Waals surface area contributed by atoms with Crippen LogP contribution in [0.2, 0.25) is 5.02 Å². The molecule has 4 nitrogen and oxygen atoms in total. The number of methoxy groups -OCH3 is 1. The molecule has 2 N–H and O–H groups in total. The molecule has 20 heavy (non-hydrogen) atoms. The lowest BCUT2D eigenvalue weighted by Gasteiger charge is -2.18. The van der Waals surface area contributed by atoms with Gasteiger partial charge in [-0.05, 0) is 49.6 Å². The van der Waals surface area contributed by atoms with Crippen molar-refractivity contribution in [2.75, 3.05) is 20.2 Å². The van der Waals surface area contributed by atoms with Gasteiger partial charge in [-0.15, -0.1) is 0 Å². The summed E-state index contributed by atoms with van der Waals surface area (Å²) in [6, 6.07) is 5.47. The third-order valence-electron chi connectivity index (χ3n) is 3.91. The molecule has 0 amide bonds. The molecule has 0 spiro atoms. The number of nitrogens with two attached hydrogens (primary N) is 1. The van der Waals surface area contributed by atoms with Crippen LogP contribution in [0.5, 0.6) is 0 Å². The summed E-state index contributed by atoms with van der Waals surface area (Å²) in [4.78, 5) is 13.9. The van der Waals surface area contributed by atoms with Gasteiger partial charge in [-0.25, -0.2) is 4.79 Å². The number of halogens is 1. The zero-order valence-electron chi connectivity index (χ0n) is 11.9. The van der Waals surface area contributed by atoms with Crippen molar-refractivity contribution in [1.82, 2.24) is 4.90 Å². The van der Waals surface area contributed by atoms with Gasteiger partial charge in [0.25, 0.3) is 0 Å². The van der Waals surface area contributed by atoms with Crippen LogP contribution in [0.3, 0.4) is 0 Å². The lowest BCUT2D eigenvalue weighted by molar-refractivity contribution is 0.0600. The van der Waals surface area contributed by atoms with Crippen molar-refractivity contribution in [2.24, 2.45) is 11.7 Å². The molecular weight excluding hydrogens is 276 g/mol. The van der Waals surface area contributed by atoms with E-state index in [1.54, 1.807) is 12.1 Å². The van der Waals surface area contributed by atoms with Crippen molar-refractivity contribution in [1.29, 1.82) is 0 Å². The van der Waals surface area contributed by atoms with E-state index in [1.807, 2.05) is 6.07 Å². The quantitative estimate of drug-likeness (QED) is 0.866. The molecule has 2 unspecified atom stereocenters. The Morgan fingerprint density at radius 1 is 1.60 bits per heavy atom. The van der Waals surface area contributed by atoms with Crippen molar-refractivity contribution >= 4 is 17.6 Å². The predicted octanol–water partition coefficient (Wildman–Crippen LogP) is 2.30. The van der Waals surface area contributed by atoms with Gasteiger partial charge in [-0.2, -0.15) is 0 Å². The Labute approximate surface area is 124 Å². The molecule has 2 rings (SSSR count). The SMILES string of the molecule is COC(=O)c1ccc(Cl)c(CN2CCC(C(C)N)C2)c1. The van der Waals surface area contributed by atoms with Crippen molar-refractivity contribution in [3.63, 3.8) is 0 Å². The first-order chi connectivity index (χ1) is 9.51. The molecule has 110 valence electrons. The van der Waals surface area contributed by atoms with Crippen LogP contribution < -0.4 is 5.73 Å². The molecule has 1 aromatic carbocycles. The fourth-order valence-corrected chi connectivity index (χ4v) is 2.79. The Balaban J connectivity index is 2.08. The van der Waals surface area contributed by atoms with Crippen molar-refractivity contribution in [3.8, 4) is 0 Å². The highest BCUT2D eigenvalue weighted by molar-refractivity contribution is 6.31. The Bertz CT molecular complexity index is 491. The highest BCUT2D eigenvalue weighted by atomic mass is 35.5. The zero-order chi connectivity index (χ0) is 14.7. The molecule has 0 aromatic heterocycles. The predicted molar refractivity (Wildman–Crippen MR) is 79.8 cm³/mol. The number of hydrogen-bond acceptors (Lipinski definition) is 4. The second-order valence-corrected chi connectivity index (χ2v) is 5.85. The van der Waals surface area contributed by atoms with Crippen LogP contribution >= 0.6 is 11.6 Å². The average molecular weight is 297 g/mol. The summed E-state index contributed by atoms with van der Waals surface area (Å²) >= 11 is 6.22. The van der Waals surface area contributed by atoms with E-state index in [-0.39, 0.29) is 12.0 Å². The van der Waals surface area contributed by atoms with Gasteiger partial charge in [0.05, 0.1) is 12.7 Å². The van der Waals surface area contributed by atoms with Crippen LogP contribution in [0.15, 0.2) is 18.2 Å². The number of carbonyl (C=O) groups excluding carboxylic acids is 1. The number of rotatable bonds is 4. The largest absolute Gasteiger partial charge is 0.465 e. The van der Waals surface area contributed by atoms with E-state index in [1.165, 1.54) is 7.11 Å². The summed E-state index contributed by atoms with van der Waals surface area (Å²) in [6.45, 7) is 4.80. The van der Waals surface area contributed by atoms with Crippen LogP contribution in [-0.4, -0.2) is 37.1 Å². The molecule has 0 saturated carbocycles. The second kappa shape index (κ2) is 6.57. The Hall–Kier alpha value is -1.10. The van der Waals surface area contributed by atoms with Crippen LogP contribution in [0.25, 0.3) is 0 Å². The van der Waals surface area contributed by atoms with Gasteiger partial charge >= 0.3 is 5.97 Å². The number of esters is 1. The molecule has 1 saturated heterocycles. The fraction of sp³-hybridized carbons (Fsp3) is 0.533. The molecule has 0 bridgehead atoms. The average Bonchev–Trinajstić information content (AvgIpc) is 2.89. The highest BCUT2D eigenvalue weighted by Gasteiger charge is 2.25. The number of ether oxygens (including phenoxy) is 1. The third kappa shape index (κ3) is 3.51. The number of benzene rings is 1. The maximum Gasteiger partial charge on any atom is 0.337 e. The summed E-state index contributed by atoms with van der Waals surface area (Å²) < 4.78 is 4.74. The van der Waals surface area contributed by atoms with Crippen LogP contribution in [-0.2, 0) is 11.3 Å². The number of hydrogen-bond donors (Lipinski definition) is 1. The van der Waals surface area contributed by atoms with E-state index in [0.29, 0.717) is 16.5 Å². The van der Waals surface area contributed by atoms with E-state index in [9.17, 15) is 4.79 Å². The van der Waals surface area contributed by atoms with Crippen LogP contribution in [0, 0.1) is 5.92 Å². The lowest BCUT2D eigenvalue weighted by atomic mass is 10.0. The maximum absolute atomic E-state index is 11.6. The maximum atomic E-state index is 11.6. The molecule has 1 aliphatic rings. The summed E-state index contributed by atoms with van der Waals surface area (Å²) in [7, 11) is 1.38. The third-order valence-corrected chi connectivity index (χ3v) is 4.28. The van der Waals surface area contributed by atoms with Crippen LogP contribution in [0.4, 0.5) is 0 Å². The Morgan fingerprint density at radius 3 is 2.95 bits per heavy atom. The fourth-order valence-electron chi connectivity index (χ4n) is 2.62. The Morgan fingerprint density at radius 2 is 2.35 bits per heavy atom. The van der Waals surface area contributed by atoms with Gasteiger partial charge in [0.15, 0.2) is 0 Å². The lowest BCUT2D eigenvalue weighted by Crippen LogP contribution is -2.29. The van der Waals surface area contributed by atoms with E-state index >= 15 is 0 Å². The van der Waals surface area contributed by atoms with Gasteiger partial charge in [0, 0.05) is 24.2 Å². The highest BCUT2D eigenvalue weighted by Crippen LogP contribution is 2.24. The molecule has 1 fully saturated rings. The first-order valence-corrected chi connectivity index (χ1v) is 7.23. The second-order valence-electron chi connectivity index (χ2n) is 5.44. The van der Waals surface area contributed by atoms with E-state index in [2.05, 4.69) is 11.8 Å². The normalized spacial score (nSPS) is 20.9. The number of likely N-dealkylation sites (tertiary alicyclic amines) is 1. The van der Waals surface area contributed by atoms with Gasteiger partial charge < -0.3 is 10.5 Å². The molecule has 1 aromatic rings. The number of nitrogens with zero attached hydrogens (tertiary/aromatic N) is 1. The van der Waals surface area contributed by atoms with E-state index in [0.717, 1.165) is 31.6 Å². The zero-order valence-corrected chi connectivity index (χ0v) is 12.7. The molecule has 2 atom stereocenters. The first kappa shape index (κ1) is 15.3. The minimum absolute atomic E-state index is 0.219. The minimum Gasteiger partial charge on any atom is -0.465 e. The van der Waals surface area contributed by atoms with Crippen LogP contribution in [0.1, 0.15) is 29.3 Å². The van der Waals surface area contributed by atoms with Gasteiger partial charge in [0.2, 0.25) is 0 Å². The summed E-state index contributed by atoms with van der Waals surface area (Å²) in [5.74, 6) is 0.204.